The third-order valence-electron chi connectivity index (χ3n) is 2.41. The van der Waals surface area contributed by atoms with Crippen LogP contribution in [0.4, 0.5) is 0 Å². The van der Waals surface area contributed by atoms with Gasteiger partial charge in [0.2, 0.25) is 0 Å². The minimum atomic E-state index is -0.215. The molecule has 0 N–H and O–H groups in total. The molecule has 0 radical (unpaired) electrons. The highest BCUT2D eigenvalue weighted by Gasteiger charge is 2.04. The molecule has 1 aromatic carbocycles. The van der Waals surface area contributed by atoms with Gasteiger partial charge in [-0.05, 0) is 24.6 Å². The quantitative estimate of drug-likeness (QED) is 0.798. The van der Waals surface area contributed by atoms with E-state index in [1.54, 1.807) is 24.0 Å². The molecule has 2 aromatic rings. The van der Waals surface area contributed by atoms with Crippen molar-refractivity contribution in [1.29, 1.82) is 0 Å². The number of esters is 1. The van der Waals surface area contributed by atoms with Gasteiger partial charge in [-0.3, -0.25) is 4.79 Å². The molecule has 1 heterocycles. The Hall–Kier alpha value is -1.81. The number of benzene rings is 1. The Morgan fingerprint density at radius 1 is 1.39 bits per heavy atom. The fourth-order valence-corrected chi connectivity index (χ4v) is 1.72. The van der Waals surface area contributed by atoms with Crippen LogP contribution in [-0.2, 0) is 16.0 Å². The Balaban J connectivity index is 2.08. The van der Waals surface area contributed by atoms with E-state index < -0.39 is 0 Å². The summed E-state index contributed by atoms with van der Waals surface area (Å²) in [4.78, 5) is 11.3. The number of carbonyl (C=O) groups is 1. The lowest BCUT2D eigenvalue weighted by molar-refractivity contribution is -0.142. The second-order valence-corrected chi connectivity index (χ2v) is 4.19. The van der Waals surface area contributed by atoms with Gasteiger partial charge in [-0.15, -0.1) is 0 Å². The number of halogens is 1. The Kier molecular flexibility index (Phi) is 3.99. The van der Waals surface area contributed by atoms with Crippen LogP contribution in [0.15, 0.2) is 36.7 Å². The number of hydrogen-bond acceptors (Lipinski definition) is 3. The Bertz CT molecular complexity index is 534. The summed E-state index contributed by atoms with van der Waals surface area (Å²) in [6.45, 7) is 2.20. The van der Waals surface area contributed by atoms with Crippen LogP contribution in [0.1, 0.15) is 12.5 Å². The van der Waals surface area contributed by atoms with Crippen molar-refractivity contribution in [3.63, 3.8) is 0 Å². The first-order valence-electron chi connectivity index (χ1n) is 5.64. The predicted molar refractivity (Wildman–Crippen MR) is 68.9 cm³/mol. The Morgan fingerprint density at radius 3 is 2.67 bits per heavy atom. The van der Waals surface area contributed by atoms with E-state index in [-0.39, 0.29) is 12.4 Å². The molecule has 0 aliphatic carbocycles. The SMILES string of the molecule is CCOC(=O)Cc1ccc(-n2cc(Cl)cn2)cc1. The third kappa shape index (κ3) is 3.11. The first kappa shape index (κ1) is 12.6. The highest BCUT2D eigenvalue weighted by molar-refractivity contribution is 6.30. The molecule has 0 saturated heterocycles. The maximum atomic E-state index is 11.3. The van der Waals surface area contributed by atoms with Crippen molar-refractivity contribution in [1.82, 2.24) is 9.78 Å². The molecule has 0 bridgehead atoms. The van der Waals surface area contributed by atoms with E-state index in [4.69, 9.17) is 16.3 Å². The normalized spacial score (nSPS) is 10.3. The molecule has 0 unspecified atom stereocenters. The van der Waals surface area contributed by atoms with Crippen LogP contribution in [0, 0.1) is 0 Å². The van der Waals surface area contributed by atoms with Crippen LogP contribution >= 0.6 is 11.6 Å². The monoisotopic (exact) mass is 264 g/mol. The van der Waals surface area contributed by atoms with Crippen LogP contribution in [0.3, 0.4) is 0 Å². The number of carbonyl (C=O) groups excluding carboxylic acids is 1. The van der Waals surface area contributed by atoms with Crippen LogP contribution in [0.25, 0.3) is 5.69 Å². The van der Waals surface area contributed by atoms with Crippen molar-refractivity contribution in [3.05, 3.63) is 47.2 Å². The van der Waals surface area contributed by atoms with E-state index >= 15 is 0 Å². The lowest BCUT2D eigenvalue weighted by Crippen LogP contribution is -2.07. The molecule has 0 atom stereocenters. The zero-order valence-electron chi connectivity index (χ0n) is 9.97. The zero-order valence-corrected chi connectivity index (χ0v) is 10.7. The Morgan fingerprint density at radius 2 is 2.11 bits per heavy atom. The van der Waals surface area contributed by atoms with Gasteiger partial charge in [0.15, 0.2) is 0 Å². The molecular formula is C13H13ClN2O2. The standard InChI is InChI=1S/C13H13ClN2O2/c1-2-18-13(17)7-10-3-5-12(6-4-10)16-9-11(14)8-15-16/h3-6,8-9H,2,7H2,1H3. The molecule has 18 heavy (non-hydrogen) atoms. The fourth-order valence-electron chi connectivity index (χ4n) is 1.59. The molecule has 0 amide bonds. The molecule has 0 aliphatic rings. The fraction of sp³-hybridized carbons (Fsp3) is 0.231. The number of nitrogens with zero attached hydrogens (tertiary/aromatic N) is 2. The second kappa shape index (κ2) is 5.69. The summed E-state index contributed by atoms with van der Waals surface area (Å²) in [6.07, 6.45) is 3.59. The largest absolute Gasteiger partial charge is 0.466 e. The summed E-state index contributed by atoms with van der Waals surface area (Å²) in [5.74, 6) is -0.215. The summed E-state index contributed by atoms with van der Waals surface area (Å²) < 4.78 is 6.57. The van der Waals surface area contributed by atoms with Gasteiger partial charge in [-0.2, -0.15) is 5.10 Å². The number of rotatable bonds is 4. The molecule has 1 aromatic heterocycles. The van der Waals surface area contributed by atoms with Gasteiger partial charge in [0, 0.05) is 6.20 Å². The van der Waals surface area contributed by atoms with E-state index in [1.165, 1.54) is 0 Å². The first-order valence-corrected chi connectivity index (χ1v) is 6.02. The first-order chi connectivity index (χ1) is 8.69. The summed E-state index contributed by atoms with van der Waals surface area (Å²) >= 11 is 5.80. The van der Waals surface area contributed by atoms with Crippen molar-refractivity contribution in [3.8, 4) is 5.69 Å². The van der Waals surface area contributed by atoms with Crippen LogP contribution in [-0.4, -0.2) is 22.4 Å². The number of aromatic nitrogens is 2. The molecule has 4 nitrogen and oxygen atoms in total. The molecule has 0 spiro atoms. The van der Waals surface area contributed by atoms with Crippen molar-refractivity contribution in [2.75, 3.05) is 6.61 Å². The summed E-state index contributed by atoms with van der Waals surface area (Å²) in [6, 6.07) is 7.53. The molecule has 0 aliphatic heterocycles. The molecule has 94 valence electrons. The third-order valence-corrected chi connectivity index (χ3v) is 2.60. The van der Waals surface area contributed by atoms with Crippen molar-refractivity contribution in [2.45, 2.75) is 13.3 Å². The van der Waals surface area contributed by atoms with Crippen LogP contribution in [0.2, 0.25) is 5.02 Å². The lowest BCUT2D eigenvalue weighted by Gasteiger charge is -2.04. The maximum absolute atomic E-state index is 11.3. The van der Waals surface area contributed by atoms with Crippen molar-refractivity contribution < 1.29 is 9.53 Å². The summed E-state index contributed by atoms with van der Waals surface area (Å²) in [5.41, 5.74) is 1.81. The second-order valence-electron chi connectivity index (χ2n) is 3.75. The van der Waals surface area contributed by atoms with Crippen LogP contribution < -0.4 is 0 Å². The molecule has 5 heteroatoms. The van der Waals surface area contributed by atoms with Gasteiger partial charge in [0.05, 0.1) is 29.9 Å². The highest BCUT2D eigenvalue weighted by Crippen LogP contribution is 2.13. The lowest BCUT2D eigenvalue weighted by atomic mass is 10.1. The molecule has 0 fully saturated rings. The number of ether oxygens (including phenoxy) is 1. The van der Waals surface area contributed by atoms with Gasteiger partial charge in [-0.1, -0.05) is 23.7 Å². The molecule has 0 saturated carbocycles. The van der Waals surface area contributed by atoms with E-state index in [2.05, 4.69) is 5.10 Å². The van der Waals surface area contributed by atoms with Gasteiger partial charge in [0.25, 0.3) is 0 Å². The predicted octanol–water partition coefficient (Wildman–Crippen LogP) is 2.63. The summed E-state index contributed by atoms with van der Waals surface area (Å²) in [5, 5.41) is 4.69. The maximum Gasteiger partial charge on any atom is 0.310 e. The van der Waals surface area contributed by atoms with Gasteiger partial charge >= 0.3 is 5.97 Å². The zero-order chi connectivity index (χ0) is 13.0. The minimum absolute atomic E-state index is 0.215. The van der Waals surface area contributed by atoms with Gasteiger partial charge in [0.1, 0.15) is 0 Å². The topological polar surface area (TPSA) is 44.1 Å². The van der Waals surface area contributed by atoms with Crippen molar-refractivity contribution >= 4 is 17.6 Å². The molecular weight excluding hydrogens is 252 g/mol. The smallest absolute Gasteiger partial charge is 0.310 e. The summed E-state index contributed by atoms with van der Waals surface area (Å²) in [7, 11) is 0. The van der Waals surface area contributed by atoms with Gasteiger partial charge < -0.3 is 4.74 Å². The van der Waals surface area contributed by atoms with E-state index in [0.29, 0.717) is 11.6 Å². The average Bonchev–Trinajstić information content (AvgIpc) is 2.77. The number of hydrogen-bond donors (Lipinski definition) is 0. The van der Waals surface area contributed by atoms with E-state index in [1.807, 2.05) is 24.3 Å². The van der Waals surface area contributed by atoms with Crippen LogP contribution in [0.5, 0.6) is 0 Å². The van der Waals surface area contributed by atoms with E-state index in [9.17, 15) is 4.79 Å². The average molecular weight is 265 g/mol. The van der Waals surface area contributed by atoms with E-state index in [0.717, 1.165) is 11.3 Å². The van der Waals surface area contributed by atoms with Gasteiger partial charge in [-0.25, -0.2) is 4.68 Å². The highest BCUT2D eigenvalue weighted by atomic mass is 35.5. The van der Waals surface area contributed by atoms with Crippen molar-refractivity contribution in [2.24, 2.45) is 0 Å². The minimum Gasteiger partial charge on any atom is -0.466 e. The Labute approximate surface area is 110 Å². The molecule has 2 rings (SSSR count).